The smallest absolute Gasteiger partial charge is 0.302 e. The highest BCUT2D eigenvalue weighted by Crippen LogP contribution is 2.36. The van der Waals surface area contributed by atoms with Crippen molar-refractivity contribution in [3.63, 3.8) is 0 Å². The largest absolute Gasteiger partial charge is 0.443 e. The van der Waals surface area contributed by atoms with Gasteiger partial charge in [-0.25, -0.2) is 9.37 Å². The number of ketones is 1. The summed E-state index contributed by atoms with van der Waals surface area (Å²) in [6.45, 7) is 1.69. The number of aromatic nitrogens is 2. The third kappa shape index (κ3) is 4.64. The molecule has 2 aromatic rings. The molecule has 27 heavy (non-hydrogen) atoms. The summed E-state index contributed by atoms with van der Waals surface area (Å²) in [5.74, 6) is -0.117. The van der Waals surface area contributed by atoms with E-state index in [-0.39, 0.29) is 29.5 Å². The first kappa shape index (κ1) is 20.2. The zero-order chi connectivity index (χ0) is 19.8. The molecule has 0 amide bonds. The van der Waals surface area contributed by atoms with Gasteiger partial charge in [0, 0.05) is 31.3 Å². The van der Waals surface area contributed by atoms with Gasteiger partial charge in [0.05, 0.1) is 21.6 Å². The van der Waals surface area contributed by atoms with Gasteiger partial charge in [0.15, 0.2) is 5.01 Å². The number of pyridine rings is 1. The molecule has 3 rings (SSSR count). The van der Waals surface area contributed by atoms with Gasteiger partial charge in [-0.2, -0.15) is 13.2 Å². The highest BCUT2D eigenvalue weighted by Gasteiger charge is 2.35. The molecule has 3 atom stereocenters. The minimum atomic E-state index is -4.51. The maximum atomic E-state index is 13.6. The van der Waals surface area contributed by atoms with Crippen molar-refractivity contribution >= 4 is 28.7 Å². The maximum absolute atomic E-state index is 13.6. The molecule has 4 nitrogen and oxygen atoms in total. The van der Waals surface area contributed by atoms with E-state index in [9.17, 15) is 22.4 Å². The molecule has 0 aliphatic carbocycles. The minimum Gasteiger partial charge on any atom is -0.302 e. The molecule has 3 heterocycles. The highest BCUT2D eigenvalue weighted by atomic mass is 35.5. The fourth-order valence-electron chi connectivity index (χ4n) is 2.91. The Hall–Kier alpha value is -1.58. The van der Waals surface area contributed by atoms with Crippen molar-refractivity contribution in [2.24, 2.45) is 0 Å². The van der Waals surface area contributed by atoms with Gasteiger partial charge < -0.3 is 5.32 Å². The van der Waals surface area contributed by atoms with Crippen LogP contribution in [0.15, 0.2) is 18.5 Å². The molecular weight excluding hydrogens is 406 g/mol. The Morgan fingerprint density at radius 1 is 1.37 bits per heavy atom. The molecule has 1 aliphatic heterocycles. The lowest BCUT2D eigenvalue weighted by atomic mass is 10.0. The number of rotatable bonds is 5. The number of carbonyl (C=O) groups is 1. The summed E-state index contributed by atoms with van der Waals surface area (Å²) in [4.78, 5) is 20.0. The lowest BCUT2D eigenvalue weighted by molar-refractivity contribution is -0.137. The van der Waals surface area contributed by atoms with Gasteiger partial charge in [-0.05, 0) is 25.0 Å². The molecule has 1 saturated heterocycles. The molecule has 0 bridgehead atoms. The van der Waals surface area contributed by atoms with Crippen LogP contribution in [-0.4, -0.2) is 34.0 Å². The molecule has 0 radical (unpaired) electrons. The van der Waals surface area contributed by atoms with Crippen LogP contribution in [0, 0.1) is 0 Å². The molecular formula is C17H16ClF4N3OS. The van der Waals surface area contributed by atoms with Gasteiger partial charge >= 0.3 is 6.18 Å². The number of nitrogens with one attached hydrogen (secondary N) is 1. The third-order valence-electron chi connectivity index (χ3n) is 4.43. The van der Waals surface area contributed by atoms with Crippen LogP contribution in [0.4, 0.5) is 17.6 Å². The number of Topliss-reactive ketones (excluding diaryl/α,β-unsaturated/α-hetero) is 1. The second-order valence-corrected chi connectivity index (χ2v) is 7.85. The van der Waals surface area contributed by atoms with Gasteiger partial charge in [-0.15, -0.1) is 11.3 Å². The van der Waals surface area contributed by atoms with Crippen LogP contribution in [-0.2, 0) is 17.4 Å². The van der Waals surface area contributed by atoms with E-state index in [4.69, 9.17) is 11.6 Å². The molecule has 0 unspecified atom stereocenters. The number of nitrogens with zero attached hydrogens (tertiary/aromatic N) is 2. The van der Waals surface area contributed by atoms with E-state index in [0.29, 0.717) is 34.0 Å². The van der Waals surface area contributed by atoms with E-state index >= 15 is 0 Å². The summed E-state index contributed by atoms with van der Waals surface area (Å²) in [6, 6.07) is 0.682. The number of alkyl halides is 4. The van der Waals surface area contributed by atoms with E-state index < -0.39 is 23.4 Å². The van der Waals surface area contributed by atoms with Crippen molar-refractivity contribution in [3.8, 4) is 10.6 Å². The molecule has 0 saturated carbocycles. The molecule has 10 heteroatoms. The number of carbonyl (C=O) groups excluding carboxylic acids is 1. The second kappa shape index (κ2) is 7.81. The Morgan fingerprint density at radius 2 is 2.11 bits per heavy atom. The first-order chi connectivity index (χ1) is 12.6. The van der Waals surface area contributed by atoms with Crippen molar-refractivity contribution in [3.05, 3.63) is 34.1 Å². The zero-order valence-corrected chi connectivity index (χ0v) is 15.8. The summed E-state index contributed by atoms with van der Waals surface area (Å²) < 4.78 is 51.7. The first-order valence-corrected chi connectivity index (χ1v) is 9.45. The van der Waals surface area contributed by atoms with Crippen molar-refractivity contribution in [1.29, 1.82) is 0 Å². The fraction of sp³-hybridized carbons (Fsp3) is 0.471. The monoisotopic (exact) mass is 421 g/mol. The standard InChI is InChI=1S/C17H16ClF4N3OS/c1-8-11(19)5-12(25-8)14(26)3-2-9-4-13(23-6-10(9)18)15-7-24-16(27-15)17(20,21)22/h4,6-8,11-12,25H,2-3,5H2,1H3/t8-,11+,12-/m0/s1. The number of aryl methyl sites for hydroxylation is 1. The summed E-state index contributed by atoms with van der Waals surface area (Å²) in [5.41, 5.74) is 0.908. The minimum absolute atomic E-state index is 0.117. The maximum Gasteiger partial charge on any atom is 0.443 e. The van der Waals surface area contributed by atoms with Gasteiger partial charge in [-0.1, -0.05) is 11.6 Å². The van der Waals surface area contributed by atoms with E-state index in [1.807, 2.05) is 0 Å². The quantitative estimate of drug-likeness (QED) is 0.724. The van der Waals surface area contributed by atoms with Crippen molar-refractivity contribution < 1.29 is 22.4 Å². The van der Waals surface area contributed by atoms with Crippen LogP contribution < -0.4 is 5.32 Å². The lowest BCUT2D eigenvalue weighted by Crippen LogP contribution is -2.35. The van der Waals surface area contributed by atoms with Crippen molar-refractivity contribution in [2.75, 3.05) is 0 Å². The third-order valence-corrected chi connectivity index (χ3v) is 5.84. The molecule has 0 spiro atoms. The average Bonchev–Trinajstić information content (AvgIpc) is 3.21. The second-order valence-electron chi connectivity index (χ2n) is 6.41. The average molecular weight is 422 g/mol. The van der Waals surface area contributed by atoms with Crippen molar-refractivity contribution in [2.45, 2.75) is 50.6 Å². The van der Waals surface area contributed by atoms with Crippen LogP contribution in [0.1, 0.15) is 30.3 Å². The highest BCUT2D eigenvalue weighted by molar-refractivity contribution is 7.15. The van der Waals surface area contributed by atoms with Crippen LogP contribution in [0.25, 0.3) is 10.6 Å². The first-order valence-electron chi connectivity index (χ1n) is 8.26. The van der Waals surface area contributed by atoms with E-state index in [0.717, 1.165) is 6.20 Å². The predicted octanol–water partition coefficient (Wildman–Crippen LogP) is 4.47. The van der Waals surface area contributed by atoms with Gasteiger partial charge in [0.25, 0.3) is 0 Å². The summed E-state index contributed by atoms with van der Waals surface area (Å²) in [6.07, 6.45) is -2.51. The van der Waals surface area contributed by atoms with Gasteiger partial charge in [0.1, 0.15) is 12.0 Å². The molecule has 1 fully saturated rings. The molecule has 1 N–H and O–H groups in total. The fourth-order valence-corrected chi connectivity index (χ4v) is 3.85. The molecule has 1 aliphatic rings. The van der Waals surface area contributed by atoms with Crippen LogP contribution in [0.3, 0.4) is 0 Å². The molecule has 146 valence electrons. The Labute approximate surface area is 162 Å². The lowest BCUT2D eigenvalue weighted by Gasteiger charge is -2.11. The van der Waals surface area contributed by atoms with Gasteiger partial charge in [-0.3, -0.25) is 9.78 Å². The Bertz CT molecular complexity index is 832. The van der Waals surface area contributed by atoms with E-state index in [1.54, 1.807) is 13.0 Å². The summed E-state index contributed by atoms with van der Waals surface area (Å²) >= 11 is 6.60. The number of hydrogen-bond donors (Lipinski definition) is 1. The summed E-state index contributed by atoms with van der Waals surface area (Å²) in [7, 11) is 0. The number of halogens is 5. The van der Waals surface area contributed by atoms with Gasteiger partial charge in [0.2, 0.25) is 0 Å². The van der Waals surface area contributed by atoms with Crippen LogP contribution in [0.2, 0.25) is 5.02 Å². The van der Waals surface area contributed by atoms with E-state index in [1.165, 1.54) is 6.20 Å². The van der Waals surface area contributed by atoms with Crippen LogP contribution >= 0.6 is 22.9 Å². The SMILES string of the molecule is C[C@@H]1N[C@H](C(=O)CCc2cc(-c3cnc(C(F)(F)F)s3)ncc2Cl)C[C@H]1F. The predicted molar refractivity (Wildman–Crippen MR) is 94.6 cm³/mol. The topological polar surface area (TPSA) is 54.9 Å². The van der Waals surface area contributed by atoms with E-state index in [2.05, 4.69) is 15.3 Å². The Balaban J connectivity index is 1.70. The number of hydrogen-bond acceptors (Lipinski definition) is 5. The molecule has 2 aromatic heterocycles. The van der Waals surface area contributed by atoms with Crippen LogP contribution in [0.5, 0.6) is 0 Å². The number of thiazole rings is 1. The Kier molecular flexibility index (Phi) is 5.83. The van der Waals surface area contributed by atoms with Crippen molar-refractivity contribution in [1.82, 2.24) is 15.3 Å². The normalized spacial score (nSPS) is 23.0. The zero-order valence-electron chi connectivity index (χ0n) is 14.2. The Morgan fingerprint density at radius 3 is 2.70 bits per heavy atom. The molecule has 0 aromatic carbocycles. The summed E-state index contributed by atoms with van der Waals surface area (Å²) in [5, 5.41) is 2.30.